The van der Waals surface area contributed by atoms with Crippen LogP contribution >= 0.6 is 0 Å². The van der Waals surface area contributed by atoms with Crippen LogP contribution in [-0.2, 0) is 18.2 Å². The molecule has 1 N–H and O–H groups in total. The third-order valence-electron chi connectivity index (χ3n) is 3.62. The summed E-state index contributed by atoms with van der Waals surface area (Å²) in [6.07, 6.45) is 6.05. The molecule has 4 heteroatoms. The molecule has 4 nitrogen and oxygen atoms in total. The molecule has 0 aliphatic carbocycles. The van der Waals surface area contributed by atoms with E-state index in [1.165, 1.54) is 11.1 Å². The largest absolute Gasteiger partial charge is 0.375 e. The number of rotatable bonds is 8. The molecule has 0 spiro atoms. The van der Waals surface area contributed by atoms with Crippen LogP contribution in [0.5, 0.6) is 0 Å². The number of methoxy groups -OCH3 is 1. The minimum Gasteiger partial charge on any atom is -0.375 e. The number of nitrogens with one attached hydrogen (secondary N) is 1. The summed E-state index contributed by atoms with van der Waals surface area (Å²) in [4.78, 5) is 0. The number of aryl methyl sites for hydroxylation is 1. The second kappa shape index (κ2) is 7.96. The lowest BCUT2D eigenvalue weighted by molar-refractivity contribution is 0.0678. The van der Waals surface area contributed by atoms with Gasteiger partial charge in [-0.1, -0.05) is 37.3 Å². The van der Waals surface area contributed by atoms with E-state index in [0.717, 1.165) is 19.4 Å². The lowest BCUT2D eigenvalue weighted by Gasteiger charge is -2.27. The lowest BCUT2D eigenvalue weighted by Crippen LogP contribution is -2.38. The van der Waals surface area contributed by atoms with E-state index in [2.05, 4.69) is 47.8 Å². The Morgan fingerprint density at radius 1 is 1.29 bits per heavy atom. The van der Waals surface area contributed by atoms with Gasteiger partial charge in [-0.25, -0.2) is 0 Å². The molecule has 2 atom stereocenters. The maximum absolute atomic E-state index is 5.78. The number of hydrogen-bond acceptors (Lipinski definition) is 3. The van der Waals surface area contributed by atoms with Crippen LogP contribution in [0.25, 0.3) is 0 Å². The summed E-state index contributed by atoms with van der Waals surface area (Å²) in [5.74, 6) is 0. The van der Waals surface area contributed by atoms with Crippen molar-refractivity contribution in [3.8, 4) is 0 Å². The summed E-state index contributed by atoms with van der Waals surface area (Å²) in [6.45, 7) is 3.16. The Balaban J connectivity index is 2.16. The summed E-state index contributed by atoms with van der Waals surface area (Å²) in [6, 6.07) is 10.6. The van der Waals surface area contributed by atoms with Gasteiger partial charge in [-0.3, -0.25) is 4.68 Å². The van der Waals surface area contributed by atoms with Gasteiger partial charge in [0.2, 0.25) is 0 Å². The van der Waals surface area contributed by atoms with Gasteiger partial charge in [0.05, 0.1) is 12.3 Å². The predicted molar refractivity (Wildman–Crippen MR) is 85.2 cm³/mol. The molecule has 2 rings (SSSR count). The Morgan fingerprint density at radius 3 is 2.62 bits per heavy atom. The maximum atomic E-state index is 5.78. The van der Waals surface area contributed by atoms with E-state index < -0.39 is 0 Å². The fourth-order valence-corrected chi connectivity index (χ4v) is 2.62. The monoisotopic (exact) mass is 287 g/mol. The fraction of sp³-hybridized carbons (Fsp3) is 0.471. The van der Waals surface area contributed by atoms with Gasteiger partial charge in [0.1, 0.15) is 0 Å². The van der Waals surface area contributed by atoms with E-state index >= 15 is 0 Å². The smallest absolute Gasteiger partial charge is 0.0977 e. The Morgan fingerprint density at radius 2 is 2.05 bits per heavy atom. The van der Waals surface area contributed by atoms with Crippen LogP contribution in [0.2, 0.25) is 0 Å². The van der Waals surface area contributed by atoms with Crippen LogP contribution in [0.4, 0.5) is 0 Å². The highest BCUT2D eigenvalue weighted by atomic mass is 16.5. The molecule has 1 heterocycles. The maximum Gasteiger partial charge on any atom is 0.0977 e. The number of hydrogen-bond donors (Lipinski definition) is 1. The summed E-state index contributed by atoms with van der Waals surface area (Å²) < 4.78 is 7.63. The minimum atomic E-state index is 0.0398. The number of benzene rings is 1. The van der Waals surface area contributed by atoms with Crippen LogP contribution < -0.4 is 5.32 Å². The van der Waals surface area contributed by atoms with E-state index in [0.29, 0.717) is 0 Å². The fourth-order valence-electron chi connectivity index (χ4n) is 2.62. The van der Waals surface area contributed by atoms with E-state index in [9.17, 15) is 0 Å². The average molecular weight is 287 g/mol. The molecular weight excluding hydrogens is 262 g/mol. The first-order valence-electron chi connectivity index (χ1n) is 7.53. The first-order chi connectivity index (χ1) is 10.2. The molecule has 0 aliphatic rings. The van der Waals surface area contributed by atoms with E-state index in [1.54, 1.807) is 7.11 Å². The van der Waals surface area contributed by atoms with Crippen LogP contribution in [0.15, 0.2) is 42.7 Å². The summed E-state index contributed by atoms with van der Waals surface area (Å²) in [5, 5.41) is 7.87. The van der Waals surface area contributed by atoms with Crippen molar-refractivity contribution in [1.29, 1.82) is 0 Å². The second-order valence-electron chi connectivity index (χ2n) is 5.35. The Bertz CT molecular complexity index is 524. The van der Waals surface area contributed by atoms with Crippen molar-refractivity contribution in [2.75, 3.05) is 13.7 Å². The van der Waals surface area contributed by atoms with Gasteiger partial charge in [-0.2, -0.15) is 5.10 Å². The van der Waals surface area contributed by atoms with Crippen molar-refractivity contribution < 1.29 is 4.74 Å². The molecule has 2 unspecified atom stereocenters. The van der Waals surface area contributed by atoms with Crippen LogP contribution in [0.3, 0.4) is 0 Å². The van der Waals surface area contributed by atoms with Crippen molar-refractivity contribution >= 4 is 0 Å². The molecule has 1 aromatic heterocycles. The third kappa shape index (κ3) is 4.41. The SMILES string of the molecule is CCCNC(Cc1cnn(C)c1)C(OC)c1ccccc1. The molecule has 0 bridgehead atoms. The highest BCUT2D eigenvalue weighted by Gasteiger charge is 2.23. The second-order valence-corrected chi connectivity index (χ2v) is 5.35. The van der Waals surface area contributed by atoms with Crippen molar-refractivity contribution in [3.63, 3.8) is 0 Å². The molecular formula is C17H25N3O. The molecule has 0 saturated heterocycles. The number of ether oxygens (including phenoxy) is 1. The van der Waals surface area contributed by atoms with E-state index in [4.69, 9.17) is 4.74 Å². The normalized spacial score (nSPS) is 14.0. The van der Waals surface area contributed by atoms with Crippen molar-refractivity contribution in [2.45, 2.75) is 31.9 Å². The Kier molecular flexibility index (Phi) is 5.96. The zero-order chi connectivity index (χ0) is 15.1. The van der Waals surface area contributed by atoms with E-state index in [1.807, 2.05) is 24.0 Å². The Hall–Kier alpha value is -1.65. The van der Waals surface area contributed by atoms with Gasteiger partial charge in [0.25, 0.3) is 0 Å². The third-order valence-corrected chi connectivity index (χ3v) is 3.62. The van der Waals surface area contributed by atoms with Crippen molar-refractivity contribution in [1.82, 2.24) is 15.1 Å². The van der Waals surface area contributed by atoms with Gasteiger partial charge in [-0.05, 0) is 30.5 Å². The molecule has 0 radical (unpaired) electrons. The minimum absolute atomic E-state index is 0.0398. The molecule has 0 aliphatic heterocycles. The number of nitrogens with zero attached hydrogens (tertiary/aromatic N) is 2. The summed E-state index contributed by atoms with van der Waals surface area (Å²) >= 11 is 0. The Labute approximate surface area is 127 Å². The standard InChI is InChI=1S/C17H25N3O/c1-4-10-18-16(11-14-12-19-20(2)13-14)17(21-3)15-8-6-5-7-9-15/h5-9,12-13,16-18H,4,10-11H2,1-3H3. The molecule has 1 aromatic carbocycles. The molecule has 21 heavy (non-hydrogen) atoms. The molecule has 2 aromatic rings. The molecule has 114 valence electrons. The van der Waals surface area contributed by atoms with Crippen LogP contribution in [0, 0.1) is 0 Å². The lowest BCUT2D eigenvalue weighted by atomic mass is 9.97. The molecule has 0 fully saturated rings. The number of aromatic nitrogens is 2. The first-order valence-corrected chi connectivity index (χ1v) is 7.53. The van der Waals surface area contributed by atoms with Gasteiger partial charge in [0.15, 0.2) is 0 Å². The average Bonchev–Trinajstić information content (AvgIpc) is 2.91. The van der Waals surface area contributed by atoms with Crippen molar-refractivity contribution in [2.24, 2.45) is 7.05 Å². The van der Waals surface area contributed by atoms with Gasteiger partial charge in [-0.15, -0.1) is 0 Å². The van der Waals surface area contributed by atoms with Crippen molar-refractivity contribution in [3.05, 3.63) is 53.9 Å². The molecule has 0 saturated carbocycles. The van der Waals surface area contributed by atoms with Crippen LogP contribution in [-0.4, -0.2) is 29.5 Å². The topological polar surface area (TPSA) is 39.1 Å². The quantitative estimate of drug-likeness (QED) is 0.811. The highest BCUT2D eigenvalue weighted by molar-refractivity contribution is 5.20. The zero-order valence-electron chi connectivity index (χ0n) is 13.1. The summed E-state index contributed by atoms with van der Waals surface area (Å²) in [7, 11) is 3.73. The zero-order valence-corrected chi connectivity index (χ0v) is 13.1. The van der Waals surface area contributed by atoms with Crippen LogP contribution in [0.1, 0.15) is 30.6 Å². The van der Waals surface area contributed by atoms with Gasteiger partial charge >= 0.3 is 0 Å². The van der Waals surface area contributed by atoms with Gasteiger partial charge < -0.3 is 10.1 Å². The highest BCUT2D eigenvalue weighted by Crippen LogP contribution is 2.23. The first kappa shape index (κ1) is 15.7. The molecule has 0 amide bonds. The van der Waals surface area contributed by atoms with E-state index in [-0.39, 0.29) is 12.1 Å². The predicted octanol–water partition coefficient (Wildman–Crippen LogP) is 2.72. The van der Waals surface area contributed by atoms with Gasteiger partial charge in [0, 0.05) is 26.4 Å². The summed E-state index contributed by atoms with van der Waals surface area (Å²) in [5.41, 5.74) is 2.43.